The van der Waals surface area contributed by atoms with Gasteiger partial charge in [-0.15, -0.1) is 0 Å². The standard InChI is InChI=1S/C19H15N3O2/c1-24-15-9-5-8-14(10-15)16-12-21-22-18(16)20-11-17(19(22)23)13-6-3-2-4-7-13/h2-12,21H,1H3. The van der Waals surface area contributed by atoms with Crippen molar-refractivity contribution in [3.8, 4) is 28.0 Å². The average molecular weight is 317 g/mol. The Balaban J connectivity index is 1.90. The van der Waals surface area contributed by atoms with Crippen molar-refractivity contribution in [2.24, 2.45) is 0 Å². The summed E-state index contributed by atoms with van der Waals surface area (Å²) in [5.41, 5.74) is 3.67. The summed E-state index contributed by atoms with van der Waals surface area (Å²) in [6.45, 7) is 0. The highest BCUT2D eigenvalue weighted by molar-refractivity contribution is 5.78. The first-order chi connectivity index (χ1) is 11.8. The van der Waals surface area contributed by atoms with Gasteiger partial charge in [0.2, 0.25) is 0 Å². The van der Waals surface area contributed by atoms with Crippen LogP contribution in [0.5, 0.6) is 5.75 Å². The molecule has 0 unspecified atom stereocenters. The number of hydrogen-bond donors (Lipinski definition) is 1. The van der Waals surface area contributed by atoms with E-state index in [2.05, 4.69) is 10.1 Å². The van der Waals surface area contributed by atoms with Crippen LogP contribution in [-0.4, -0.2) is 21.7 Å². The van der Waals surface area contributed by atoms with E-state index in [1.807, 2.05) is 54.6 Å². The van der Waals surface area contributed by atoms with Crippen molar-refractivity contribution in [1.29, 1.82) is 0 Å². The molecule has 5 nitrogen and oxygen atoms in total. The highest BCUT2D eigenvalue weighted by Crippen LogP contribution is 2.26. The molecule has 0 aliphatic rings. The SMILES string of the molecule is COc1cccc(-c2c[nH]n3c(=O)c(-c4ccccc4)cnc23)c1. The predicted molar refractivity (Wildman–Crippen MR) is 93.2 cm³/mol. The van der Waals surface area contributed by atoms with E-state index in [1.54, 1.807) is 19.5 Å². The lowest BCUT2D eigenvalue weighted by atomic mass is 10.1. The lowest BCUT2D eigenvalue weighted by Crippen LogP contribution is -2.16. The molecule has 0 amide bonds. The van der Waals surface area contributed by atoms with Gasteiger partial charge in [-0.25, -0.2) is 9.50 Å². The van der Waals surface area contributed by atoms with Gasteiger partial charge < -0.3 is 4.74 Å². The Kier molecular flexibility index (Phi) is 3.39. The minimum absolute atomic E-state index is 0.125. The average Bonchev–Trinajstić information content (AvgIpc) is 3.08. The molecule has 4 aromatic rings. The Morgan fingerprint density at radius 2 is 1.79 bits per heavy atom. The second-order valence-corrected chi connectivity index (χ2v) is 5.42. The van der Waals surface area contributed by atoms with Gasteiger partial charge in [0.25, 0.3) is 5.56 Å². The number of methoxy groups -OCH3 is 1. The molecule has 4 rings (SSSR count). The zero-order valence-corrected chi connectivity index (χ0v) is 13.1. The van der Waals surface area contributed by atoms with Gasteiger partial charge >= 0.3 is 0 Å². The minimum atomic E-state index is -0.125. The van der Waals surface area contributed by atoms with Crippen molar-refractivity contribution in [3.63, 3.8) is 0 Å². The summed E-state index contributed by atoms with van der Waals surface area (Å²) in [7, 11) is 1.63. The normalized spacial score (nSPS) is 10.9. The van der Waals surface area contributed by atoms with Gasteiger partial charge in [0.15, 0.2) is 5.65 Å². The van der Waals surface area contributed by atoms with E-state index in [9.17, 15) is 4.79 Å². The van der Waals surface area contributed by atoms with Crippen LogP contribution < -0.4 is 10.3 Å². The van der Waals surface area contributed by atoms with Gasteiger partial charge in [-0.1, -0.05) is 42.5 Å². The highest BCUT2D eigenvalue weighted by Gasteiger charge is 2.13. The second-order valence-electron chi connectivity index (χ2n) is 5.42. The first kappa shape index (κ1) is 14.3. The Bertz CT molecular complexity index is 1060. The van der Waals surface area contributed by atoms with Gasteiger partial charge in [0.05, 0.1) is 12.7 Å². The fourth-order valence-corrected chi connectivity index (χ4v) is 2.78. The van der Waals surface area contributed by atoms with Crippen LogP contribution in [0.1, 0.15) is 0 Å². The summed E-state index contributed by atoms with van der Waals surface area (Å²) in [6.07, 6.45) is 3.41. The maximum absolute atomic E-state index is 12.8. The van der Waals surface area contributed by atoms with Crippen LogP contribution in [-0.2, 0) is 0 Å². The molecule has 118 valence electrons. The molecule has 0 saturated carbocycles. The van der Waals surface area contributed by atoms with Crippen molar-refractivity contribution in [2.45, 2.75) is 0 Å². The molecule has 5 heteroatoms. The number of ether oxygens (including phenoxy) is 1. The Labute approximate surface area is 138 Å². The van der Waals surface area contributed by atoms with Crippen LogP contribution >= 0.6 is 0 Å². The number of H-pyrrole nitrogens is 1. The molecule has 2 aromatic carbocycles. The molecule has 0 aliphatic heterocycles. The van der Waals surface area contributed by atoms with Crippen LogP contribution in [0.25, 0.3) is 27.9 Å². The number of benzene rings is 2. The van der Waals surface area contributed by atoms with Gasteiger partial charge in [-0.3, -0.25) is 9.89 Å². The molecule has 0 aliphatic carbocycles. The lowest BCUT2D eigenvalue weighted by Gasteiger charge is -2.04. The smallest absolute Gasteiger partial charge is 0.280 e. The summed E-state index contributed by atoms with van der Waals surface area (Å²) in [5, 5.41) is 3.00. The fraction of sp³-hybridized carbons (Fsp3) is 0.0526. The number of hydrogen-bond acceptors (Lipinski definition) is 3. The molecule has 0 spiro atoms. The summed E-state index contributed by atoms with van der Waals surface area (Å²) >= 11 is 0. The fourth-order valence-electron chi connectivity index (χ4n) is 2.78. The Morgan fingerprint density at radius 3 is 2.58 bits per heavy atom. The van der Waals surface area contributed by atoms with E-state index >= 15 is 0 Å². The zero-order chi connectivity index (χ0) is 16.5. The highest BCUT2D eigenvalue weighted by atomic mass is 16.5. The molecular weight excluding hydrogens is 302 g/mol. The van der Waals surface area contributed by atoms with Crippen molar-refractivity contribution in [2.75, 3.05) is 7.11 Å². The largest absolute Gasteiger partial charge is 0.497 e. The number of rotatable bonds is 3. The third-order valence-electron chi connectivity index (χ3n) is 4.01. The third-order valence-corrected chi connectivity index (χ3v) is 4.01. The van der Waals surface area contributed by atoms with E-state index in [0.29, 0.717) is 11.2 Å². The molecule has 0 radical (unpaired) electrons. The summed E-state index contributed by atoms with van der Waals surface area (Å²) in [4.78, 5) is 17.3. The van der Waals surface area contributed by atoms with E-state index in [4.69, 9.17) is 4.74 Å². The molecule has 2 aromatic heterocycles. The lowest BCUT2D eigenvalue weighted by molar-refractivity contribution is 0.415. The first-order valence-electron chi connectivity index (χ1n) is 7.57. The number of fused-ring (bicyclic) bond motifs is 1. The molecule has 1 N–H and O–H groups in total. The molecule has 2 heterocycles. The summed E-state index contributed by atoms with van der Waals surface area (Å²) in [6, 6.07) is 17.2. The predicted octanol–water partition coefficient (Wildman–Crippen LogP) is 3.37. The quantitative estimate of drug-likeness (QED) is 0.630. The number of nitrogens with one attached hydrogen (secondary N) is 1. The molecule has 0 atom stereocenters. The maximum Gasteiger partial charge on any atom is 0.280 e. The zero-order valence-electron chi connectivity index (χ0n) is 13.1. The molecule has 24 heavy (non-hydrogen) atoms. The number of aromatic amines is 1. The second kappa shape index (κ2) is 5.70. The van der Waals surface area contributed by atoms with Gasteiger partial charge in [-0.05, 0) is 23.3 Å². The topological polar surface area (TPSA) is 59.4 Å². The Hall–Kier alpha value is -3.34. The Morgan fingerprint density at radius 1 is 1.00 bits per heavy atom. The van der Waals surface area contributed by atoms with Crippen molar-refractivity contribution >= 4 is 5.65 Å². The van der Waals surface area contributed by atoms with Crippen LogP contribution in [0.3, 0.4) is 0 Å². The monoisotopic (exact) mass is 317 g/mol. The van der Waals surface area contributed by atoms with Crippen LogP contribution in [0.4, 0.5) is 0 Å². The maximum atomic E-state index is 12.8. The summed E-state index contributed by atoms with van der Waals surface area (Å²) in [5.74, 6) is 0.759. The number of aromatic nitrogens is 3. The number of nitrogens with zero attached hydrogens (tertiary/aromatic N) is 2. The molecular formula is C19H15N3O2. The van der Waals surface area contributed by atoms with Crippen molar-refractivity contribution in [3.05, 3.63) is 77.3 Å². The van der Waals surface area contributed by atoms with E-state index in [0.717, 1.165) is 22.4 Å². The molecule has 0 saturated heterocycles. The van der Waals surface area contributed by atoms with E-state index in [1.165, 1.54) is 4.52 Å². The molecule has 0 fully saturated rings. The molecule has 0 bridgehead atoms. The van der Waals surface area contributed by atoms with Crippen LogP contribution in [0.2, 0.25) is 0 Å². The van der Waals surface area contributed by atoms with Gasteiger partial charge in [-0.2, -0.15) is 0 Å². The third kappa shape index (κ3) is 2.27. The summed E-state index contributed by atoms with van der Waals surface area (Å²) < 4.78 is 6.74. The van der Waals surface area contributed by atoms with E-state index in [-0.39, 0.29) is 5.56 Å². The van der Waals surface area contributed by atoms with Crippen molar-refractivity contribution in [1.82, 2.24) is 14.6 Å². The van der Waals surface area contributed by atoms with Crippen molar-refractivity contribution < 1.29 is 4.74 Å². The van der Waals surface area contributed by atoms with E-state index < -0.39 is 0 Å². The van der Waals surface area contributed by atoms with Crippen LogP contribution in [0, 0.1) is 0 Å². The first-order valence-corrected chi connectivity index (χ1v) is 7.57. The van der Waals surface area contributed by atoms with Gasteiger partial charge in [0.1, 0.15) is 5.75 Å². The van der Waals surface area contributed by atoms with Gasteiger partial charge in [0, 0.05) is 18.0 Å². The minimum Gasteiger partial charge on any atom is -0.497 e. The van der Waals surface area contributed by atoms with Crippen LogP contribution in [0.15, 0.2) is 71.8 Å².